The molecular formula is C33H47N5O7. The number of aryl methyl sites for hydroxylation is 1. The van der Waals surface area contributed by atoms with Gasteiger partial charge in [-0.2, -0.15) is 0 Å². The Morgan fingerprint density at radius 1 is 1.09 bits per heavy atom. The van der Waals surface area contributed by atoms with Gasteiger partial charge in [0, 0.05) is 39.2 Å². The molecule has 12 nitrogen and oxygen atoms in total. The predicted molar refractivity (Wildman–Crippen MR) is 168 cm³/mol. The first-order valence-corrected chi connectivity index (χ1v) is 15.8. The molecule has 12 heteroatoms. The maximum absolute atomic E-state index is 12.4. The molecule has 4 rings (SSSR count). The molecule has 0 spiro atoms. The number of unbranched alkanes of at least 4 members (excludes halogenated alkanes) is 4. The zero-order valence-electron chi connectivity index (χ0n) is 26.3. The molecule has 6 N–H and O–H groups in total. The minimum absolute atomic E-state index is 0.122. The van der Waals surface area contributed by atoms with Crippen LogP contribution in [0.15, 0.2) is 42.5 Å². The van der Waals surface area contributed by atoms with Crippen LogP contribution in [0.4, 0.5) is 9.59 Å². The van der Waals surface area contributed by atoms with Crippen molar-refractivity contribution in [3.05, 3.63) is 64.7 Å². The van der Waals surface area contributed by atoms with Gasteiger partial charge in [-0.1, -0.05) is 43.2 Å². The second-order valence-electron chi connectivity index (χ2n) is 12.0. The van der Waals surface area contributed by atoms with E-state index in [-0.39, 0.29) is 6.54 Å². The lowest BCUT2D eigenvalue weighted by Crippen LogP contribution is -2.48. The Kier molecular flexibility index (Phi) is 12.6. The Labute approximate surface area is 265 Å². The van der Waals surface area contributed by atoms with Crippen LogP contribution in [0.3, 0.4) is 0 Å². The molecule has 2 atom stereocenters. The molecule has 2 heterocycles. The zero-order valence-corrected chi connectivity index (χ0v) is 26.3. The third-order valence-corrected chi connectivity index (χ3v) is 7.78. The highest BCUT2D eigenvalue weighted by Crippen LogP contribution is 2.32. The van der Waals surface area contributed by atoms with Crippen molar-refractivity contribution in [2.24, 2.45) is 5.73 Å². The number of ether oxygens (including phenoxy) is 3. The Morgan fingerprint density at radius 3 is 2.64 bits per heavy atom. The number of carbonyl (C=O) groups excluding carboxylic acids is 3. The monoisotopic (exact) mass is 625 g/mol. The molecular weight excluding hydrogens is 578 g/mol. The van der Waals surface area contributed by atoms with Crippen LogP contribution < -0.4 is 26.4 Å². The maximum Gasteiger partial charge on any atom is 0.326 e. The fraction of sp³-hybridized carbons (Fsp3) is 0.545. The molecule has 0 aromatic heterocycles. The summed E-state index contributed by atoms with van der Waals surface area (Å²) in [5, 5.41) is 18.5. The number of nitrogens with one attached hydrogen (secondary N) is 3. The average Bonchev–Trinajstić information content (AvgIpc) is 3.25. The Hall–Kier alpha value is -3.71. The standard InChI is InChI=1S/C33H47N5O7/c1-33(2)44-22-26-19-25(13-14-28(26)45-33)27(39)20-35-15-6-3-4-7-16-43-17-8-5-10-23-11-9-12-24(18-23)21-38-30(40)29(36-31(34)41)37-32(38)42/h9,11-14,18-19,27,29,35,39H,3-8,10,15-17,20-22H2,1-2H3,(H,37,42)(H3,34,36,41)/t27-,29?/m0/s1. The first-order chi connectivity index (χ1) is 21.6. The van der Waals surface area contributed by atoms with E-state index in [4.69, 9.17) is 19.9 Å². The molecule has 2 aromatic rings. The van der Waals surface area contributed by atoms with Crippen LogP contribution in [0.25, 0.3) is 0 Å². The van der Waals surface area contributed by atoms with E-state index < -0.39 is 36.0 Å². The number of hydrogen-bond donors (Lipinski definition) is 5. The number of nitrogens with two attached hydrogens (primary N) is 1. The predicted octanol–water partition coefficient (Wildman–Crippen LogP) is 3.60. The molecule has 246 valence electrons. The van der Waals surface area contributed by atoms with Gasteiger partial charge in [-0.15, -0.1) is 0 Å². The second-order valence-corrected chi connectivity index (χ2v) is 12.0. The molecule has 2 aliphatic rings. The number of imide groups is 1. The van der Waals surface area contributed by atoms with E-state index in [9.17, 15) is 19.5 Å². The van der Waals surface area contributed by atoms with E-state index in [0.717, 1.165) is 91.0 Å². The summed E-state index contributed by atoms with van der Waals surface area (Å²) < 4.78 is 17.3. The van der Waals surface area contributed by atoms with Gasteiger partial charge in [0.05, 0.1) is 19.3 Å². The quantitative estimate of drug-likeness (QED) is 0.124. The molecule has 45 heavy (non-hydrogen) atoms. The van der Waals surface area contributed by atoms with Crippen LogP contribution >= 0.6 is 0 Å². The molecule has 1 unspecified atom stereocenters. The van der Waals surface area contributed by atoms with E-state index in [1.54, 1.807) is 0 Å². The third kappa shape index (κ3) is 10.7. The van der Waals surface area contributed by atoms with Gasteiger partial charge in [0.2, 0.25) is 5.79 Å². The SMILES string of the molecule is CC1(C)OCc2cc([C@@H](O)CNCCCCCCOCCCCc3cccc(CN4C(=O)NC(NC(N)=O)C4=O)c3)ccc2O1. The highest BCUT2D eigenvalue weighted by molar-refractivity contribution is 6.05. The summed E-state index contributed by atoms with van der Waals surface area (Å²) in [6.45, 7) is 7.21. The smallest absolute Gasteiger partial charge is 0.326 e. The Balaban J connectivity index is 0.992. The summed E-state index contributed by atoms with van der Waals surface area (Å²) in [4.78, 5) is 36.6. The molecule has 0 bridgehead atoms. The van der Waals surface area contributed by atoms with E-state index >= 15 is 0 Å². The molecule has 2 aliphatic heterocycles. The van der Waals surface area contributed by atoms with E-state index in [1.165, 1.54) is 0 Å². The maximum atomic E-state index is 12.4. The summed E-state index contributed by atoms with van der Waals surface area (Å²) >= 11 is 0. The highest BCUT2D eigenvalue weighted by Gasteiger charge is 2.38. The molecule has 0 saturated carbocycles. The largest absolute Gasteiger partial charge is 0.463 e. The number of carbonyl (C=O) groups is 3. The van der Waals surface area contributed by atoms with Gasteiger partial charge in [0.15, 0.2) is 6.17 Å². The van der Waals surface area contributed by atoms with Crippen LogP contribution in [0.5, 0.6) is 5.75 Å². The lowest BCUT2D eigenvalue weighted by atomic mass is 10.0. The summed E-state index contributed by atoms with van der Waals surface area (Å²) in [7, 11) is 0. The average molecular weight is 626 g/mol. The number of aliphatic hydroxyl groups excluding tert-OH is 1. The molecule has 5 amide bonds. The van der Waals surface area contributed by atoms with Crippen molar-refractivity contribution in [2.45, 2.75) is 90.0 Å². The fourth-order valence-electron chi connectivity index (χ4n) is 5.34. The van der Waals surface area contributed by atoms with E-state index in [2.05, 4.69) is 16.0 Å². The summed E-state index contributed by atoms with van der Waals surface area (Å²) in [6.07, 6.45) is 5.38. The van der Waals surface area contributed by atoms with Gasteiger partial charge in [-0.25, -0.2) is 9.59 Å². The highest BCUT2D eigenvalue weighted by atomic mass is 16.7. The lowest BCUT2D eigenvalue weighted by molar-refractivity contribution is -0.180. The third-order valence-electron chi connectivity index (χ3n) is 7.78. The number of aliphatic hydroxyl groups is 1. The first-order valence-electron chi connectivity index (χ1n) is 15.8. The number of rotatable bonds is 18. The lowest BCUT2D eigenvalue weighted by Gasteiger charge is -2.33. The van der Waals surface area contributed by atoms with Gasteiger partial charge in [0.1, 0.15) is 5.75 Å². The number of primary amides is 1. The van der Waals surface area contributed by atoms with Gasteiger partial charge >= 0.3 is 12.1 Å². The van der Waals surface area contributed by atoms with Gasteiger partial charge in [0.25, 0.3) is 5.91 Å². The fourth-order valence-corrected chi connectivity index (χ4v) is 5.34. The van der Waals surface area contributed by atoms with Crippen LogP contribution in [0.1, 0.15) is 80.7 Å². The van der Waals surface area contributed by atoms with Crippen LogP contribution in [-0.2, 0) is 33.8 Å². The molecule has 0 aliphatic carbocycles. The Morgan fingerprint density at radius 2 is 1.84 bits per heavy atom. The first kappa shape index (κ1) is 34.2. The number of nitrogens with zero attached hydrogens (tertiary/aromatic N) is 1. The van der Waals surface area contributed by atoms with Crippen LogP contribution in [0.2, 0.25) is 0 Å². The van der Waals surface area contributed by atoms with Crippen molar-refractivity contribution in [3.8, 4) is 5.75 Å². The van der Waals surface area contributed by atoms with Gasteiger partial charge in [-0.3, -0.25) is 9.69 Å². The number of benzene rings is 2. The Bertz CT molecular complexity index is 1300. The molecule has 1 fully saturated rings. The minimum Gasteiger partial charge on any atom is -0.463 e. The minimum atomic E-state index is -1.13. The van der Waals surface area contributed by atoms with Crippen molar-refractivity contribution in [2.75, 3.05) is 26.3 Å². The number of hydrogen-bond acceptors (Lipinski definition) is 8. The summed E-state index contributed by atoms with van der Waals surface area (Å²) in [6, 6.07) is 12.1. The van der Waals surface area contributed by atoms with Crippen molar-refractivity contribution < 1.29 is 33.7 Å². The number of urea groups is 2. The zero-order chi connectivity index (χ0) is 32.2. The normalized spacial score (nSPS) is 17.8. The van der Waals surface area contributed by atoms with Gasteiger partial charge < -0.3 is 41.0 Å². The molecule has 0 radical (unpaired) electrons. The van der Waals surface area contributed by atoms with Crippen molar-refractivity contribution in [1.29, 1.82) is 0 Å². The summed E-state index contributed by atoms with van der Waals surface area (Å²) in [5.74, 6) is -0.350. The van der Waals surface area contributed by atoms with Crippen LogP contribution in [-0.4, -0.2) is 66.2 Å². The second kappa shape index (κ2) is 16.6. The molecule has 2 aromatic carbocycles. The van der Waals surface area contributed by atoms with Gasteiger partial charge in [-0.05, 0) is 67.5 Å². The topological polar surface area (TPSA) is 164 Å². The summed E-state index contributed by atoms with van der Waals surface area (Å²) in [5.41, 5.74) is 8.85. The van der Waals surface area contributed by atoms with Crippen molar-refractivity contribution in [1.82, 2.24) is 20.9 Å². The van der Waals surface area contributed by atoms with E-state index in [1.807, 2.05) is 56.3 Å². The number of fused-ring (bicyclic) bond motifs is 1. The van der Waals surface area contributed by atoms with Crippen molar-refractivity contribution in [3.63, 3.8) is 0 Å². The van der Waals surface area contributed by atoms with Crippen molar-refractivity contribution >= 4 is 18.0 Å². The number of amides is 5. The van der Waals surface area contributed by atoms with E-state index in [0.29, 0.717) is 19.8 Å². The molecule has 1 saturated heterocycles. The van der Waals surface area contributed by atoms with Crippen LogP contribution in [0, 0.1) is 0 Å².